The van der Waals surface area contributed by atoms with E-state index in [-0.39, 0.29) is 17.5 Å². The predicted octanol–water partition coefficient (Wildman–Crippen LogP) is 2.70. The van der Waals surface area contributed by atoms with Gasteiger partial charge in [0.1, 0.15) is 6.61 Å². The maximum absolute atomic E-state index is 11.6. The van der Waals surface area contributed by atoms with E-state index in [0.29, 0.717) is 18.5 Å². The summed E-state index contributed by atoms with van der Waals surface area (Å²) in [5, 5.41) is 11.4. The van der Waals surface area contributed by atoms with E-state index in [4.69, 9.17) is 5.11 Å². The number of ketones is 2. The maximum Gasteiger partial charge on any atom is 0.243 e. The van der Waals surface area contributed by atoms with Crippen LogP contribution in [0.2, 0.25) is 0 Å². The van der Waals surface area contributed by atoms with Crippen LogP contribution in [0, 0.1) is 0 Å². The molecule has 0 bridgehead atoms. The number of hydrogen-bond donors (Lipinski definition) is 2. The Kier molecular flexibility index (Phi) is 9.78. The Labute approximate surface area is 148 Å². The lowest BCUT2D eigenvalue weighted by Gasteiger charge is -2.01. The van der Waals surface area contributed by atoms with Gasteiger partial charge in [-0.1, -0.05) is 48.9 Å². The molecule has 2 N–H and O–H groups in total. The highest BCUT2D eigenvalue weighted by atomic mass is 16.3. The fraction of sp³-hybridized carbons (Fsp3) is 0.350. The van der Waals surface area contributed by atoms with Crippen LogP contribution in [0.4, 0.5) is 0 Å². The van der Waals surface area contributed by atoms with Gasteiger partial charge in [0.05, 0.1) is 0 Å². The van der Waals surface area contributed by atoms with Crippen LogP contribution in [0.15, 0.2) is 42.5 Å². The average Bonchev–Trinajstić information content (AvgIpc) is 2.61. The molecule has 1 rings (SSSR count). The number of carbonyl (C=O) groups excluding carboxylic acids is 3. The lowest BCUT2D eigenvalue weighted by atomic mass is 10.1. The summed E-state index contributed by atoms with van der Waals surface area (Å²) in [6, 6.07) is 7.24. The van der Waals surface area contributed by atoms with Gasteiger partial charge in [0.2, 0.25) is 5.91 Å². The van der Waals surface area contributed by atoms with Crippen LogP contribution >= 0.6 is 0 Å². The first-order valence-electron chi connectivity index (χ1n) is 8.39. The Morgan fingerprint density at radius 3 is 2.40 bits per heavy atom. The molecule has 0 atom stereocenters. The van der Waals surface area contributed by atoms with E-state index in [2.05, 4.69) is 5.32 Å². The van der Waals surface area contributed by atoms with Gasteiger partial charge >= 0.3 is 0 Å². The van der Waals surface area contributed by atoms with E-state index in [9.17, 15) is 14.4 Å². The van der Waals surface area contributed by atoms with Gasteiger partial charge in [-0.2, -0.15) is 0 Å². The van der Waals surface area contributed by atoms with Crippen molar-refractivity contribution in [3.05, 3.63) is 53.6 Å². The molecule has 5 heteroatoms. The minimum Gasteiger partial charge on any atom is -0.389 e. The number of rotatable bonds is 11. The number of hydrogen-bond acceptors (Lipinski definition) is 4. The van der Waals surface area contributed by atoms with E-state index < -0.39 is 6.61 Å². The second-order valence-electron chi connectivity index (χ2n) is 5.69. The van der Waals surface area contributed by atoms with Crippen LogP contribution in [0.25, 0.3) is 6.08 Å². The molecule has 0 radical (unpaired) electrons. The molecule has 0 saturated carbocycles. The molecule has 0 aliphatic rings. The zero-order valence-corrected chi connectivity index (χ0v) is 14.5. The molecular weight excluding hydrogens is 318 g/mol. The molecule has 134 valence electrons. The van der Waals surface area contributed by atoms with E-state index in [1.807, 2.05) is 18.2 Å². The second kappa shape index (κ2) is 11.9. The third kappa shape index (κ3) is 9.37. The molecule has 1 aromatic carbocycles. The summed E-state index contributed by atoms with van der Waals surface area (Å²) < 4.78 is 0. The summed E-state index contributed by atoms with van der Waals surface area (Å²) in [4.78, 5) is 33.7. The highest BCUT2D eigenvalue weighted by molar-refractivity contribution is 5.94. The van der Waals surface area contributed by atoms with E-state index in [0.717, 1.165) is 24.8 Å². The summed E-state index contributed by atoms with van der Waals surface area (Å²) in [6.45, 7) is 1.70. The normalized spacial score (nSPS) is 11.1. The van der Waals surface area contributed by atoms with Crippen molar-refractivity contribution in [3.8, 4) is 0 Å². The van der Waals surface area contributed by atoms with Crippen LogP contribution in [-0.4, -0.2) is 35.7 Å². The largest absolute Gasteiger partial charge is 0.389 e. The molecule has 0 aliphatic heterocycles. The number of allylic oxidation sites excluding steroid dienone is 2. The SMILES string of the molecule is CC(=O)c1ccc(/C=C/C=C/C(=O)NCCCCCC(=O)CO)cc1. The average molecular weight is 343 g/mol. The van der Waals surface area contributed by atoms with Crippen LogP contribution in [0.5, 0.6) is 0 Å². The van der Waals surface area contributed by atoms with Gasteiger partial charge < -0.3 is 10.4 Å². The van der Waals surface area contributed by atoms with Gasteiger partial charge in [-0.3, -0.25) is 14.4 Å². The molecule has 0 fully saturated rings. The van der Waals surface area contributed by atoms with Crippen molar-refractivity contribution < 1.29 is 19.5 Å². The van der Waals surface area contributed by atoms with Crippen LogP contribution in [0.3, 0.4) is 0 Å². The smallest absolute Gasteiger partial charge is 0.243 e. The number of amides is 1. The highest BCUT2D eigenvalue weighted by Crippen LogP contribution is 2.06. The van der Waals surface area contributed by atoms with Crippen molar-refractivity contribution in [2.24, 2.45) is 0 Å². The van der Waals surface area contributed by atoms with Crippen molar-refractivity contribution >= 4 is 23.5 Å². The summed E-state index contributed by atoms with van der Waals surface area (Å²) in [5.74, 6) is -0.273. The highest BCUT2D eigenvalue weighted by Gasteiger charge is 1.99. The van der Waals surface area contributed by atoms with Gasteiger partial charge in [0.25, 0.3) is 0 Å². The minimum atomic E-state index is -0.393. The number of nitrogens with one attached hydrogen (secondary N) is 1. The number of benzene rings is 1. The van der Waals surface area contributed by atoms with E-state index in [1.54, 1.807) is 24.3 Å². The molecule has 1 amide bonds. The molecule has 5 nitrogen and oxygen atoms in total. The Morgan fingerprint density at radius 2 is 1.76 bits per heavy atom. The quantitative estimate of drug-likeness (QED) is 0.280. The lowest BCUT2D eigenvalue weighted by Crippen LogP contribution is -2.22. The zero-order chi connectivity index (χ0) is 18.5. The van der Waals surface area contributed by atoms with Crippen molar-refractivity contribution in [1.29, 1.82) is 0 Å². The molecular formula is C20H25NO4. The first kappa shape index (κ1) is 20.5. The molecule has 0 unspecified atom stereocenters. The van der Waals surface area contributed by atoms with Crippen molar-refractivity contribution in [1.82, 2.24) is 5.32 Å². The summed E-state index contributed by atoms with van der Waals surface area (Å²) in [6.07, 6.45) is 9.50. The molecule has 0 aromatic heterocycles. The van der Waals surface area contributed by atoms with Gasteiger partial charge in [-0.25, -0.2) is 0 Å². The van der Waals surface area contributed by atoms with Gasteiger partial charge in [-0.15, -0.1) is 0 Å². The Morgan fingerprint density at radius 1 is 1.04 bits per heavy atom. The number of aliphatic hydroxyl groups is 1. The fourth-order valence-electron chi connectivity index (χ4n) is 2.11. The molecule has 0 saturated heterocycles. The summed E-state index contributed by atoms with van der Waals surface area (Å²) >= 11 is 0. The fourth-order valence-corrected chi connectivity index (χ4v) is 2.11. The van der Waals surface area contributed by atoms with Gasteiger partial charge in [0, 0.05) is 24.6 Å². The number of aliphatic hydroxyl groups excluding tert-OH is 1. The minimum absolute atomic E-state index is 0.0343. The first-order chi connectivity index (χ1) is 12.0. The van der Waals surface area contributed by atoms with Gasteiger partial charge in [-0.05, 0) is 25.3 Å². The summed E-state index contributed by atoms with van der Waals surface area (Å²) in [5.41, 5.74) is 1.63. The van der Waals surface area contributed by atoms with Crippen LogP contribution in [0.1, 0.15) is 48.5 Å². The monoisotopic (exact) mass is 343 g/mol. The van der Waals surface area contributed by atoms with Crippen LogP contribution in [-0.2, 0) is 9.59 Å². The predicted molar refractivity (Wildman–Crippen MR) is 98.2 cm³/mol. The molecule has 0 spiro atoms. The molecule has 0 heterocycles. The second-order valence-corrected chi connectivity index (χ2v) is 5.69. The molecule has 25 heavy (non-hydrogen) atoms. The van der Waals surface area contributed by atoms with E-state index in [1.165, 1.54) is 13.0 Å². The maximum atomic E-state index is 11.6. The summed E-state index contributed by atoms with van der Waals surface area (Å²) in [7, 11) is 0. The van der Waals surface area contributed by atoms with Crippen molar-refractivity contribution in [3.63, 3.8) is 0 Å². The van der Waals surface area contributed by atoms with E-state index >= 15 is 0 Å². The zero-order valence-electron chi connectivity index (χ0n) is 14.5. The topological polar surface area (TPSA) is 83.5 Å². The third-order valence-corrected chi connectivity index (χ3v) is 3.57. The van der Waals surface area contributed by atoms with Crippen molar-refractivity contribution in [2.75, 3.05) is 13.2 Å². The molecule has 0 aliphatic carbocycles. The third-order valence-electron chi connectivity index (χ3n) is 3.57. The first-order valence-corrected chi connectivity index (χ1v) is 8.39. The Bertz CT molecular complexity index is 630. The van der Waals surface area contributed by atoms with Gasteiger partial charge in [0.15, 0.2) is 11.6 Å². The standard InChI is InChI=1S/C20H25NO4/c1-16(23)18-12-10-17(11-13-18)7-4-5-9-20(25)21-14-6-2-3-8-19(24)15-22/h4-5,7,9-13,22H,2-3,6,8,14-15H2,1H3,(H,21,25)/b7-4+,9-5+. The number of unbranched alkanes of at least 4 members (excludes halogenated alkanes) is 2. The number of carbonyl (C=O) groups is 3. The van der Waals surface area contributed by atoms with Crippen LogP contribution < -0.4 is 5.32 Å². The Hall–Kier alpha value is -2.53. The Balaban J connectivity index is 2.21. The lowest BCUT2D eigenvalue weighted by molar-refractivity contribution is -0.122. The number of Topliss-reactive ketones (excluding diaryl/α,β-unsaturated/α-hetero) is 2. The van der Waals surface area contributed by atoms with Crippen molar-refractivity contribution in [2.45, 2.75) is 32.6 Å². The molecule has 1 aromatic rings.